The summed E-state index contributed by atoms with van der Waals surface area (Å²) in [5.74, 6) is -0.554. The second kappa shape index (κ2) is 8.78. The van der Waals surface area contributed by atoms with Crippen LogP contribution in [0.1, 0.15) is 23.2 Å². The molecular weight excluding hydrogens is 380 g/mol. The molecule has 0 saturated carbocycles. The van der Waals surface area contributed by atoms with Gasteiger partial charge in [-0.15, -0.1) is 0 Å². The summed E-state index contributed by atoms with van der Waals surface area (Å²) in [5.41, 5.74) is 1.98. The largest absolute Gasteiger partial charge is 0.464 e. The molecule has 0 atom stereocenters. The van der Waals surface area contributed by atoms with Gasteiger partial charge in [0.05, 0.1) is 6.26 Å². The van der Waals surface area contributed by atoms with Crippen molar-refractivity contribution in [3.05, 3.63) is 78.6 Å². The molecule has 1 aliphatic heterocycles. The smallest absolute Gasteiger partial charge is 0.294 e. The monoisotopic (exact) mass is 402 g/mol. The van der Waals surface area contributed by atoms with Crippen LogP contribution in [0.15, 0.2) is 77.4 Å². The number of likely N-dealkylation sites (tertiary alicyclic amines) is 1. The van der Waals surface area contributed by atoms with Crippen molar-refractivity contribution < 1.29 is 18.8 Å². The van der Waals surface area contributed by atoms with Gasteiger partial charge in [-0.05, 0) is 37.1 Å². The van der Waals surface area contributed by atoms with Crippen molar-refractivity contribution in [1.82, 2.24) is 4.90 Å². The van der Waals surface area contributed by atoms with E-state index in [2.05, 4.69) is 5.32 Å². The van der Waals surface area contributed by atoms with Crippen LogP contribution in [0, 0.1) is 5.92 Å². The van der Waals surface area contributed by atoms with Crippen LogP contribution in [-0.2, 0) is 9.59 Å². The van der Waals surface area contributed by atoms with Crippen molar-refractivity contribution >= 4 is 23.3 Å². The van der Waals surface area contributed by atoms with Gasteiger partial charge in [-0.2, -0.15) is 0 Å². The first-order valence-electron chi connectivity index (χ1n) is 9.95. The molecule has 152 valence electrons. The number of carbonyl (C=O) groups excluding carboxylic acids is 3. The molecule has 30 heavy (non-hydrogen) atoms. The Balaban J connectivity index is 1.33. The zero-order valence-electron chi connectivity index (χ0n) is 16.4. The number of carbonyl (C=O) groups is 3. The summed E-state index contributed by atoms with van der Waals surface area (Å²) in [6.45, 7) is 0.782. The van der Waals surface area contributed by atoms with Crippen LogP contribution in [0.3, 0.4) is 0 Å². The third-order valence-corrected chi connectivity index (χ3v) is 5.32. The van der Waals surface area contributed by atoms with E-state index in [0.717, 1.165) is 11.3 Å². The minimum atomic E-state index is -0.508. The first-order valence-corrected chi connectivity index (χ1v) is 9.95. The lowest BCUT2D eigenvalue weighted by molar-refractivity contribution is -0.130. The molecule has 2 amide bonds. The van der Waals surface area contributed by atoms with Crippen LogP contribution in [0.4, 0.5) is 5.69 Å². The first kappa shape index (κ1) is 19.6. The summed E-state index contributed by atoms with van der Waals surface area (Å²) in [6, 6.07) is 19.7. The van der Waals surface area contributed by atoms with E-state index in [0.29, 0.717) is 37.2 Å². The Morgan fingerprint density at radius 3 is 2.37 bits per heavy atom. The zero-order chi connectivity index (χ0) is 20.9. The summed E-state index contributed by atoms with van der Waals surface area (Å²) in [7, 11) is 0. The molecule has 0 unspecified atom stereocenters. The van der Waals surface area contributed by atoms with Gasteiger partial charge >= 0.3 is 0 Å². The highest BCUT2D eigenvalue weighted by atomic mass is 16.3. The fourth-order valence-electron chi connectivity index (χ4n) is 3.64. The molecule has 0 spiro atoms. The summed E-state index contributed by atoms with van der Waals surface area (Å²) < 4.78 is 5.40. The summed E-state index contributed by atoms with van der Waals surface area (Å²) in [4.78, 5) is 39.1. The third-order valence-electron chi connectivity index (χ3n) is 5.32. The van der Waals surface area contributed by atoms with E-state index in [9.17, 15) is 14.4 Å². The van der Waals surface area contributed by atoms with Gasteiger partial charge in [0, 0.05) is 35.8 Å². The van der Waals surface area contributed by atoms with Crippen LogP contribution in [-0.4, -0.2) is 35.6 Å². The highest BCUT2D eigenvalue weighted by Gasteiger charge is 2.30. The molecular formula is C24H22N2O4. The maximum absolute atomic E-state index is 12.7. The summed E-state index contributed by atoms with van der Waals surface area (Å²) >= 11 is 0. The molecule has 1 N–H and O–H groups in total. The highest BCUT2D eigenvalue weighted by molar-refractivity contribution is 6.42. The molecule has 3 aromatic rings. The van der Waals surface area contributed by atoms with Crippen molar-refractivity contribution in [3.63, 3.8) is 0 Å². The standard InChI is InChI=1S/C24H22N2O4/c27-22(17-6-2-1-3-7-17)24(29)26-13-11-18(12-14-26)23(28)25-20-9-4-8-19(16-20)21-10-5-15-30-21/h1-10,15-16,18H,11-14H2,(H,25,28). The molecule has 1 saturated heterocycles. The topological polar surface area (TPSA) is 79.6 Å². The Bertz CT molecular complexity index is 1040. The average Bonchev–Trinajstić information content (AvgIpc) is 3.34. The van der Waals surface area contributed by atoms with Crippen molar-refractivity contribution in [2.24, 2.45) is 5.92 Å². The maximum atomic E-state index is 12.7. The lowest BCUT2D eigenvalue weighted by Crippen LogP contribution is -2.44. The predicted octanol–water partition coefficient (Wildman–Crippen LogP) is 4.01. The normalized spacial score (nSPS) is 14.3. The fraction of sp³-hybridized carbons (Fsp3) is 0.208. The first-order chi connectivity index (χ1) is 14.6. The number of hydrogen-bond acceptors (Lipinski definition) is 4. The van der Waals surface area contributed by atoms with Gasteiger partial charge in [0.2, 0.25) is 11.7 Å². The minimum Gasteiger partial charge on any atom is -0.464 e. The number of amides is 2. The average molecular weight is 402 g/mol. The number of hydrogen-bond donors (Lipinski definition) is 1. The van der Waals surface area contributed by atoms with Crippen molar-refractivity contribution in [3.8, 4) is 11.3 Å². The zero-order valence-corrected chi connectivity index (χ0v) is 16.4. The fourth-order valence-corrected chi connectivity index (χ4v) is 3.64. The van der Waals surface area contributed by atoms with Gasteiger partial charge in [-0.25, -0.2) is 0 Å². The molecule has 0 aliphatic carbocycles. The molecule has 4 rings (SSSR count). The molecule has 6 nitrogen and oxygen atoms in total. The lowest BCUT2D eigenvalue weighted by atomic mass is 9.95. The van der Waals surface area contributed by atoms with Crippen LogP contribution in [0.2, 0.25) is 0 Å². The number of anilines is 1. The van der Waals surface area contributed by atoms with Gasteiger partial charge < -0.3 is 14.6 Å². The van der Waals surface area contributed by atoms with Crippen molar-refractivity contribution in [2.75, 3.05) is 18.4 Å². The highest BCUT2D eigenvalue weighted by Crippen LogP contribution is 2.25. The lowest BCUT2D eigenvalue weighted by Gasteiger charge is -2.30. The maximum Gasteiger partial charge on any atom is 0.294 e. The Kier molecular flexibility index (Phi) is 5.75. The van der Waals surface area contributed by atoms with E-state index in [1.165, 1.54) is 4.90 Å². The Labute approximate surface area is 174 Å². The second-order valence-corrected chi connectivity index (χ2v) is 7.31. The molecule has 1 fully saturated rings. The number of furan rings is 1. The van der Waals surface area contributed by atoms with Crippen molar-refractivity contribution in [2.45, 2.75) is 12.8 Å². The predicted molar refractivity (Wildman–Crippen MR) is 113 cm³/mol. The molecule has 0 bridgehead atoms. The van der Waals surface area contributed by atoms with E-state index in [1.807, 2.05) is 36.4 Å². The van der Waals surface area contributed by atoms with Crippen LogP contribution < -0.4 is 5.32 Å². The van der Waals surface area contributed by atoms with Gasteiger partial charge in [0.1, 0.15) is 5.76 Å². The van der Waals surface area contributed by atoms with Gasteiger partial charge in [0.15, 0.2) is 0 Å². The summed E-state index contributed by atoms with van der Waals surface area (Å²) in [6.07, 6.45) is 2.66. The van der Waals surface area contributed by atoms with E-state index >= 15 is 0 Å². The molecule has 2 aromatic carbocycles. The molecule has 1 aromatic heterocycles. The SMILES string of the molecule is O=C(C(=O)N1CCC(C(=O)Nc2cccc(-c3ccco3)c2)CC1)c1ccccc1. The third kappa shape index (κ3) is 4.33. The van der Waals surface area contributed by atoms with Gasteiger partial charge in [-0.3, -0.25) is 14.4 Å². The van der Waals surface area contributed by atoms with E-state index in [1.54, 1.807) is 36.6 Å². The van der Waals surface area contributed by atoms with E-state index < -0.39 is 11.7 Å². The van der Waals surface area contributed by atoms with Crippen molar-refractivity contribution in [1.29, 1.82) is 0 Å². The minimum absolute atomic E-state index is 0.0759. The Morgan fingerprint density at radius 1 is 0.900 bits per heavy atom. The number of Topliss-reactive ketones (excluding diaryl/α,β-unsaturated/α-hetero) is 1. The molecule has 0 radical (unpaired) electrons. The van der Waals surface area contributed by atoms with Crippen LogP contribution >= 0.6 is 0 Å². The number of nitrogens with zero attached hydrogens (tertiary/aromatic N) is 1. The van der Waals surface area contributed by atoms with Crippen LogP contribution in [0.25, 0.3) is 11.3 Å². The molecule has 1 aliphatic rings. The number of nitrogens with one attached hydrogen (secondary N) is 1. The Hall–Kier alpha value is -3.67. The number of rotatable bonds is 5. The van der Waals surface area contributed by atoms with Gasteiger partial charge in [0.25, 0.3) is 5.91 Å². The number of ketones is 1. The summed E-state index contributed by atoms with van der Waals surface area (Å²) in [5, 5.41) is 2.96. The number of piperidine rings is 1. The van der Waals surface area contributed by atoms with Crippen LogP contribution in [0.5, 0.6) is 0 Å². The van der Waals surface area contributed by atoms with E-state index in [-0.39, 0.29) is 11.8 Å². The number of benzene rings is 2. The molecule has 6 heteroatoms. The molecule has 2 heterocycles. The Morgan fingerprint density at radius 2 is 1.67 bits per heavy atom. The second-order valence-electron chi connectivity index (χ2n) is 7.31. The quantitative estimate of drug-likeness (QED) is 0.517. The van der Waals surface area contributed by atoms with E-state index in [4.69, 9.17) is 4.42 Å². The van der Waals surface area contributed by atoms with Gasteiger partial charge in [-0.1, -0.05) is 42.5 Å².